The Morgan fingerprint density at radius 3 is 2.37 bits per heavy atom. The Balaban J connectivity index is 2.13. The highest BCUT2D eigenvalue weighted by Gasteiger charge is 2.22. The van der Waals surface area contributed by atoms with Gasteiger partial charge in [-0.15, -0.1) is 0 Å². The average Bonchev–Trinajstić information content (AvgIpc) is 2.63. The molecule has 0 atom stereocenters. The van der Waals surface area contributed by atoms with Crippen molar-refractivity contribution in [3.8, 4) is 0 Å². The quantitative estimate of drug-likeness (QED) is 0.912. The van der Waals surface area contributed by atoms with Crippen LogP contribution in [-0.2, 0) is 10.2 Å². The Bertz CT molecular complexity index is 538. The number of hydrogen-bond acceptors (Lipinski definition) is 2. The number of hydrogen-bond donors (Lipinski definition) is 1. The molecule has 0 bridgehead atoms. The molecular weight excluding hydrogens is 328 g/mol. The van der Waals surface area contributed by atoms with Gasteiger partial charge in [0.1, 0.15) is 0 Å². The molecule has 1 heterocycles. The number of halogens is 1. The van der Waals surface area contributed by atoms with Crippen molar-refractivity contribution >= 4 is 31.8 Å². The molecule has 1 N–H and O–H groups in total. The molecule has 106 valence electrons. The van der Waals surface area contributed by atoms with Crippen molar-refractivity contribution < 1.29 is 8.42 Å². The third-order valence-electron chi connectivity index (χ3n) is 3.32. The maximum absolute atomic E-state index is 12.3. The van der Waals surface area contributed by atoms with Gasteiger partial charge >= 0.3 is 10.2 Å². The summed E-state index contributed by atoms with van der Waals surface area (Å²) < 4.78 is 29.7. The van der Waals surface area contributed by atoms with Crippen molar-refractivity contribution in [3.05, 3.63) is 28.2 Å². The van der Waals surface area contributed by atoms with Gasteiger partial charge in [-0.1, -0.05) is 34.8 Å². The summed E-state index contributed by atoms with van der Waals surface area (Å²) in [6.07, 6.45) is 4.11. The van der Waals surface area contributed by atoms with E-state index in [1.165, 1.54) is 0 Å². The van der Waals surface area contributed by atoms with Crippen molar-refractivity contribution in [1.82, 2.24) is 4.31 Å². The predicted molar refractivity (Wildman–Crippen MR) is 81.5 cm³/mol. The third kappa shape index (κ3) is 3.94. The summed E-state index contributed by atoms with van der Waals surface area (Å²) in [5.41, 5.74) is 1.68. The van der Waals surface area contributed by atoms with Crippen LogP contribution >= 0.6 is 15.9 Å². The normalized spacial score (nSPS) is 18.0. The highest BCUT2D eigenvalue weighted by molar-refractivity contribution is 9.10. The molecule has 1 aliphatic rings. The summed E-state index contributed by atoms with van der Waals surface area (Å²) in [4.78, 5) is 0. The molecule has 0 aliphatic carbocycles. The number of anilines is 1. The minimum Gasteiger partial charge on any atom is -0.271 e. The summed E-state index contributed by atoms with van der Waals surface area (Å²) in [7, 11) is -3.43. The van der Waals surface area contributed by atoms with E-state index >= 15 is 0 Å². The number of rotatable bonds is 3. The van der Waals surface area contributed by atoms with Crippen LogP contribution in [0.25, 0.3) is 0 Å². The second kappa shape index (κ2) is 6.24. The van der Waals surface area contributed by atoms with Crippen molar-refractivity contribution in [2.45, 2.75) is 32.6 Å². The molecule has 1 aromatic rings. The Morgan fingerprint density at radius 2 is 1.79 bits per heavy atom. The molecule has 1 aliphatic heterocycles. The van der Waals surface area contributed by atoms with Gasteiger partial charge in [0, 0.05) is 17.6 Å². The molecule has 19 heavy (non-hydrogen) atoms. The van der Waals surface area contributed by atoms with Gasteiger partial charge in [-0.2, -0.15) is 12.7 Å². The van der Waals surface area contributed by atoms with E-state index in [0.29, 0.717) is 18.8 Å². The van der Waals surface area contributed by atoms with Crippen LogP contribution in [0.2, 0.25) is 0 Å². The van der Waals surface area contributed by atoms with Gasteiger partial charge in [0.25, 0.3) is 0 Å². The topological polar surface area (TPSA) is 49.4 Å². The van der Waals surface area contributed by atoms with Crippen molar-refractivity contribution in [1.29, 1.82) is 0 Å². The molecule has 1 aromatic carbocycles. The minimum atomic E-state index is -3.43. The highest BCUT2D eigenvalue weighted by Crippen LogP contribution is 2.22. The maximum atomic E-state index is 12.3. The van der Waals surface area contributed by atoms with Gasteiger partial charge in [-0.3, -0.25) is 4.72 Å². The first-order chi connectivity index (χ1) is 8.99. The highest BCUT2D eigenvalue weighted by atomic mass is 79.9. The lowest BCUT2D eigenvalue weighted by atomic mass is 10.2. The summed E-state index contributed by atoms with van der Waals surface area (Å²) in [5.74, 6) is 0. The minimum absolute atomic E-state index is 0.599. The van der Waals surface area contributed by atoms with Crippen LogP contribution in [-0.4, -0.2) is 25.8 Å². The van der Waals surface area contributed by atoms with Crippen molar-refractivity contribution in [2.24, 2.45) is 0 Å². The Labute approximate surface area is 123 Å². The predicted octanol–water partition coefficient (Wildman–Crippen LogP) is 3.29. The van der Waals surface area contributed by atoms with Gasteiger partial charge in [-0.05, 0) is 37.5 Å². The zero-order valence-corrected chi connectivity index (χ0v) is 13.4. The molecule has 0 amide bonds. The van der Waals surface area contributed by atoms with Crippen molar-refractivity contribution in [2.75, 3.05) is 17.8 Å². The van der Waals surface area contributed by atoms with E-state index < -0.39 is 10.2 Å². The lowest BCUT2D eigenvalue weighted by Gasteiger charge is -2.21. The fraction of sp³-hybridized carbons (Fsp3) is 0.538. The van der Waals surface area contributed by atoms with Crippen LogP contribution in [0.1, 0.15) is 31.2 Å². The Hall–Kier alpha value is -0.590. The molecule has 1 saturated heterocycles. The summed E-state index contributed by atoms with van der Waals surface area (Å²) >= 11 is 3.41. The van der Waals surface area contributed by atoms with Crippen LogP contribution in [0.15, 0.2) is 22.7 Å². The number of aryl methyl sites for hydroxylation is 1. The fourth-order valence-electron chi connectivity index (χ4n) is 2.15. The van der Waals surface area contributed by atoms with Crippen LogP contribution in [0.5, 0.6) is 0 Å². The number of nitrogens with one attached hydrogen (secondary N) is 1. The Morgan fingerprint density at radius 1 is 1.16 bits per heavy atom. The van der Waals surface area contributed by atoms with Crippen LogP contribution in [0.3, 0.4) is 0 Å². The average molecular weight is 347 g/mol. The van der Waals surface area contributed by atoms with Crippen LogP contribution < -0.4 is 4.72 Å². The lowest BCUT2D eigenvalue weighted by Crippen LogP contribution is -2.36. The number of benzene rings is 1. The summed E-state index contributed by atoms with van der Waals surface area (Å²) in [6.45, 7) is 3.20. The van der Waals surface area contributed by atoms with E-state index in [4.69, 9.17) is 0 Å². The molecule has 0 saturated carbocycles. The molecule has 0 radical (unpaired) electrons. The smallest absolute Gasteiger partial charge is 0.271 e. The largest absolute Gasteiger partial charge is 0.301 e. The first kappa shape index (κ1) is 14.8. The second-order valence-electron chi connectivity index (χ2n) is 4.88. The first-order valence-electron chi connectivity index (χ1n) is 6.53. The van der Waals surface area contributed by atoms with E-state index in [1.54, 1.807) is 16.4 Å². The van der Waals surface area contributed by atoms with Gasteiger partial charge in [0.15, 0.2) is 0 Å². The van der Waals surface area contributed by atoms with Gasteiger partial charge in [0.2, 0.25) is 0 Å². The monoisotopic (exact) mass is 346 g/mol. The molecule has 0 unspecified atom stereocenters. The van der Waals surface area contributed by atoms with Gasteiger partial charge < -0.3 is 0 Å². The zero-order valence-electron chi connectivity index (χ0n) is 11.0. The second-order valence-corrected chi connectivity index (χ2v) is 7.41. The summed E-state index contributed by atoms with van der Waals surface area (Å²) in [5, 5.41) is 0. The molecule has 4 nitrogen and oxygen atoms in total. The zero-order chi connectivity index (χ0) is 13.9. The molecule has 0 spiro atoms. The molecule has 1 fully saturated rings. The van der Waals surface area contributed by atoms with E-state index in [1.807, 2.05) is 13.0 Å². The standard InChI is InChI=1S/C13H19BrN2O2S/c1-11-6-7-12(10-13(11)14)15-19(17,18)16-8-4-2-3-5-9-16/h6-7,10,15H,2-5,8-9H2,1H3. The molecule has 2 rings (SSSR count). The molecular formula is C13H19BrN2O2S. The maximum Gasteiger partial charge on any atom is 0.301 e. The SMILES string of the molecule is Cc1ccc(NS(=O)(=O)N2CCCCCC2)cc1Br. The van der Waals surface area contributed by atoms with Crippen molar-refractivity contribution in [3.63, 3.8) is 0 Å². The molecule has 0 aromatic heterocycles. The van der Waals surface area contributed by atoms with E-state index in [-0.39, 0.29) is 0 Å². The van der Waals surface area contributed by atoms with E-state index in [2.05, 4.69) is 20.7 Å². The Kier molecular flexibility index (Phi) is 4.86. The van der Waals surface area contributed by atoms with Gasteiger partial charge in [-0.25, -0.2) is 0 Å². The van der Waals surface area contributed by atoms with Crippen LogP contribution in [0, 0.1) is 6.92 Å². The fourth-order valence-corrected chi connectivity index (χ4v) is 3.82. The van der Waals surface area contributed by atoms with Gasteiger partial charge in [0.05, 0.1) is 5.69 Å². The number of nitrogens with zero attached hydrogens (tertiary/aromatic N) is 1. The van der Waals surface area contributed by atoms with Crippen LogP contribution in [0.4, 0.5) is 5.69 Å². The lowest BCUT2D eigenvalue weighted by molar-refractivity contribution is 0.427. The van der Waals surface area contributed by atoms with E-state index in [0.717, 1.165) is 35.7 Å². The molecule has 6 heteroatoms. The van der Waals surface area contributed by atoms with E-state index in [9.17, 15) is 8.42 Å². The summed E-state index contributed by atoms with van der Waals surface area (Å²) in [6, 6.07) is 5.48. The third-order valence-corrected chi connectivity index (χ3v) is 5.72. The first-order valence-corrected chi connectivity index (χ1v) is 8.76.